The molecule has 0 spiro atoms. The fourth-order valence-corrected chi connectivity index (χ4v) is 3.17. The minimum absolute atomic E-state index is 0.195. The van der Waals surface area contributed by atoms with Crippen molar-refractivity contribution in [2.45, 2.75) is 51.1 Å². The van der Waals surface area contributed by atoms with E-state index in [1.807, 2.05) is 0 Å². The molecule has 0 aromatic carbocycles. The fraction of sp³-hybridized carbons (Fsp3) is 1.00. The third kappa shape index (κ3) is 2.83. The number of hydrogen-bond acceptors (Lipinski definition) is 3. The summed E-state index contributed by atoms with van der Waals surface area (Å²) in [4.78, 5) is 2.64. The Morgan fingerprint density at radius 2 is 2.00 bits per heavy atom. The quantitative estimate of drug-likeness (QED) is 0.704. The van der Waals surface area contributed by atoms with Crippen molar-refractivity contribution >= 4 is 0 Å². The maximum absolute atomic E-state index is 6.10. The van der Waals surface area contributed by atoms with Crippen LogP contribution in [-0.2, 0) is 4.74 Å². The number of ether oxygens (including phenoxy) is 1. The molecule has 0 aliphatic heterocycles. The summed E-state index contributed by atoms with van der Waals surface area (Å²) in [6.45, 7) is 7.36. The summed E-state index contributed by atoms with van der Waals surface area (Å²) in [6.07, 6.45) is 5.51. The Balaban J connectivity index is 2.05. The molecule has 2 atom stereocenters. The number of rotatable bonds is 8. The van der Waals surface area contributed by atoms with Crippen LogP contribution >= 0.6 is 0 Å². The minimum atomic E-state index is 0.195. The van der Waals surface area contributed by atoms with Crippen molar-refractivity contribution in [3.8, 4) is 0 Å². The predicted octanol–water partition coefficient (Wildman–Crippen LogP) is 1.86. The molecule has 3 heteroatoms. The van der Waals surface area contributed by atoms with Gasteiger partial charge in [0.2, 0.25) is 0 Å². The van der Waals surface area contributed by atoms with Crippen LogP contribution in [0.4, 0.5) is 0 Å². The molecule has 0 heterocycles. The Morgan fingerprint density at radius 1 is 1.35 bits per heavy atom. The number of methoxy groups -OCH3 is 1. The molecule has 2 aliphatic carbocycles. The van der Waals surface area contributed by atoms with Crippen molar-refractivity contribution < 1.29 is 4.74 Å². The standard InChI is InChI=1S/C14H28N2O/c1-11(12-4-5-12)16(8-9-17-3)14(2,10-15)13-6-7-13/h11-13H,4-10,15H2,1-3H3. The summed E-state index contributed by atoms with van der Waals surface area (Å²) in [7, 11) is 1.79. The molecule has 17 heavy (non-hydrogen) atoms. The molecule has 0 aromatic rings. The van der Waals surface area contributed by atoms with E-state index < -0.39 is 0 Å². The molecule has 2 N–H and O–H groups in total. The van der Waals surface area contributed by atoms with Crippen LogP contribution in [0.3, 0.4) is 0 Å². The van der Waals surface area contributed by atoms with Crippen molar-refractivity contribution in [2.24, 2.45) is 17.6 Å². The molecular formula is C14H28N2O. The lowest BCUT2D eigenvalue weighted by atomic mass is 9.90. The number of nitrogens with two attached hydrogens (primary N) is 1. The fourth-order valence-electron chi connectivity index (χ4n) is 3.17. The first-order chi connectivity index (χ1) is 8.13. The molecule has 100 valence electrons. The molecule has 2 unspecified atom stereocenters. The molecule has 0 saturated heterocycles. The topological polar surface area (TPSA) is 38.5 Å². The van der Waals surface area contributed by atoms with Crippen LogP contribution in [0.2, 0.25) is 0 Å². The lowest BCUT2D eigenvalue weighted by Crippen LogP contribution is -2.58. The van der Waals surface area contributed by atoms with Gasteiger partial charge in [0.05, 0.1) is 6.61 Å². The van der Waals surface area contributed by atoms with Crippen molar-refractivity contribution in [1.29, 1.82) is 0 Å². The molecule has 0 bridgehead atoms. The Kier molecular flexibility index (Phi) is 4.11. The van der Waals surface area contributed by atoms with Crippen LogP contribution in [0.1, 0.15) is 39.5 Å². The molecule has 0 aromatic heterocycles. The monoisotopic (exact) mass is 240 g/mol. The second kappa shape index (κ2) is 5.25. The van der Waals surface area contributed by atoms with Gasteiger partial charge in [0.15, 0.2) is 0 Å². The van der Waals surface area contributed by atoms with Gasteiger partial charge >= 0.3 is 0 Å². The molecular weight excluding hydrogens is 212 g/mol. The van der Waals surface area contributed by atoms with E-state index in [9.17, 15) is 0 Å². The van der Waals surface area contributed by atoms with Crippen molar-refractivity contribution in [1.82, 2.24) is 4.90 Å². The first kappa shape index (κ1) is 13.3. The lowest BCUT2D eigenvalue weighted by Gasteiger charge is -2.45. The zero-order valence-corrected chi connectivity index (χ0v) is 11.6. The molecule has 2 saturated carbocycles. The van der Waals surface area contributed by atoms with Crippen molar-refractivity contribution in [3.63, 3.8) is 0 Å². The van der Waals surface area contributed by atoms with Crippen LogP contribution in [0.15, 0.2) is 0 Å². The van der Waals surface area contributed by atoms with E-state index in [4.69, 9.17) is 10.5 Å². The predicted molar refractivity (Wildman–Crippen MR) is 71.0 cm³/mol. The van der Waals surface area contributed by atoms with Crippen LogP contribution < -0.4 is 5.73 Å². The van der Waals surface area contributed by atoms with Gasteiger partial charge in [0.25, 0.3) is 0 Å². The van der Waals surface area contributed by atoms with Gasteiger partial charge in [-0.2, -0.15) is 0 Å². The van der Waals surface area contributed by atoms with E-state index in [1.54, 1.807) is 7.11 Å². The van der Waals surface area contributed by atoms with Gasteiger partial charge in [-0.15, -0.1) is 0 Å². The Hall–Kier alpha value is -0.120. The highest BCUT2D eigenvalue weighted by Gasteiger charge is 2.48. The summed E-state index contributed by atoms with van der Waals surface area (Å²) in [5.41, 5.74) is 6.29. The molecule has 0 radical (unpaired) electrons. The van der Waals surface area contributed by atoms with Crippen LogP contribution in [0, 0.1) is 11.8 Å². The third-order valence-electron chi connectivity index (χ3n) is 4.86. The van der Waals surface area contributed by atoms with E-state index in [-0.39, 0.29) is 5.54 Å². The smallest absolute Gasteiger partial charge is 0.0590 e. The molecule has 2 fully saturated rings. The van der Waals surface area contributed by atoms with Gasteiger partial charge in [-0.3, -0.25) is 4.90 Å². The van der Waals surface area contributed by atoms with Crippen LogP contribution in [0.25, 0.3) is 0 Å². The normalized spacial score (nSPS) is 25.9. The molecule has 2 aliphatic rings. The third-order valence-corrected chi connectivity index (χ3v) is 4.86. The molecule has 0 amide bonds. The van der Waals surface area contributed by atoms with Gasteiger partial charge < -0.3 is 10.5 Å². The Labute approximate surface area is 106 Å². The van der Waals surface area contributed by atoms with Crippen LogP contribution in [-0.4, -0.2) is 43.3 Å². The van der Waals surface area contributed by atoms with E-state index in [2.05, 4.69) is 18.7 Å². The second-order valence-electron chi connectivity index (χ2n) is 6.10. The first-order valence-corrected chi connectivity index (χ1v) is 7.09. The number of hydrogen-bond donors (Lipinski definition) is 1. The average molecular weight is 240 g/mol. The van der Waals surface area contributed by atoms with E-state index >= 15 is 0 Å². The summed E-state index contributed by atoms with van der Waals surface area (Å²) >= 11 is 0. The number of nitrogens with zero attached hydrogens (tertiary/aromatic N) is 1. The van der Waals surface area contributed by atoms with Gasteiger partial charge in [-0.25, -0.2) is 0 Å². The van der Waals surface area contributed by atoms with E-state index in [0.717, 1.165) is 31.5 Å². The molecule has 2 rings (SSSR count). The largest absolute Gasteiger partial charge is 0.383 e. The van der Waals surface area contributed by atoms with Crippen molar-refractivity contribution in [2.75, 3.05) is 26.8 Å². The van der Waals surface area contributed by atoms with Gasteiger partial charge in [0, 0.05) is 31.8 Å². The van der Waals surface area contributed by atoms with Crippen LogP contribution in [0.5, 0.6) is 0 Å². The minimum Gasteiger partial charge on any atom is -0.383 e. The summed E-state index contributed by atoms with van der Waals surface area (Å²) < 4.78 is 5.28. The van der Waals surface area contributed by atoms with Gasteiger partial charge in [0.1, 0.15) is 0 Å². The lowest BCUT2D eigenvalue weighted by molar-refractivity contribution is 0.0181. The highest BCUT2D eigenvalue weighted by molar-refractivity contribution is 5.03. The first-order valence-electron chi connectivity index (χ1n) is 7.09. The summed E-state index contributed by atoms with van der Waals surface area (Å²) in [5, 5.41) is 0. The van der Waals surface area contributed by atoms with Gasteiger partial charge in [-0.1, -0.05) is 0 Å². The second-order valence-corrected chi connectivity index (χ2v) is 6.10. The maximum Gasteiger partial charge on any atom is 0.0590 e. The Morgan fingerprint density at radius 3 is 2.41 bits per heavy atom. The SMILES string of the molecule is COCCN(C(C)C1CC1)C(C)(CN)C1CC1. The summed E-state index contributed by atoms with van der Waals surface area (Å²) in [6, 6.07) is 0.666. The highest BCUT2D eigenvalue weighted by atomic mass is 16.5. The van der Waals surface area contributed by atoms with E-state index in [1.165, 1.54) is 25.7 Å². The zero-order chi connectivity index (χ0) is 12.5. The average Bonchev–Trinajstić information content (AvgIpc) is 3.21. The van der Waals surface area contributed by atoms with Crippen molar-refractivity contribution in [3.05, 3.63) is 0 Å². The zero-order valence-electron chi connectivity index (χ0n) is 11.6. The van der Waals surface area contributed by atoms with Gasteiger partial charge in [-0.05, 0) is 51.4 Å². The highest BCUT2D eigenvalue weighted by Crippen LogP contribution is 2.46. The molecule has 3 nitrogen and oxygen atoms in total. The van der Waals surface area contributed by atoms with E-state index in [0.29, 0.717) is 6.04 Å². The summed E-state index contributed by atoms with van der Waals surface area (Å²) in [5.74, 6) is 1.71. The maximum atomic E-state index is 6.10. The Bertz CT molecular complexity index is 251.